The number of halogens is 1. The fourth-order valence-corrected chi connectivity index (χ4v) is 7.69. The second-order valence-corrected chi connectivity index (χ2v) is 10.1. The molecule has 1 saturated heterocycles. The minimum absolute atomic E-state index is 0.0167. The van der Waals surface area contributed by atoms with Gasteiger partial charge in [0.15, 0.2) is 0 Å². The highest BCUT2D eigenvalue weighted by atomic mass is 35.5. The summed E-state index contributed by atoms with van der Waals surface area (Å²) in [5.41, 5.74) is 0.194. The number of alkyl halides is 1. The third kappa shape index (κ3) is 1.55. The summed E-state index contributed by atoms with van der Waals surface area (Å²) < 4.78 is 5.86. The molecular weight excluding hydrogens is 296 g/mol. The van der Waals surface area contributed by atoms with E-state index in [9.17, 15) is 4.79 Å². The Morgan fingerprint density at radius 1 is 1.05 bits per heavy atom. The molecule has 5 aliphatic rings. The number of epoxide rings is 1. The van der Waals surface area contributed by atoms with Crippen molar-refractivity contribution in [3.63, 3.8) is 0 Å². The molecule has 0 aromatic rings. The van der Waals surface area contributed by atoms with E-state index in [1.807, 2.05) is 0 Å². The Hall–Kier alpha value is -0.0800. The van der Waals surface area contributed by atoms with Gasteiger partial charge in [-0.2, -0.15) is 0 Å². The van der Waals surface area contributed by atoms with Crippen molar-refractivity contribution in [2.24, 2.45) is 28.6 Å². The summed E-state index contributed by atoms with van der Waals surface area (Å²) in [6.07, 6.45) is 9.73. The second-order valence-electron chi connectivity index (χ2n) is 9.34. The molecule has 3 unspecified atom stereocenters. The zero-order valence-electron chi connectivity index (χ0n) is 13.7. The van der Waals surface area contributed by atoms with Gasteiger partial charge in [-0.1, -0.05) is 13.8 Å². The Bertz CT molecular complexity index is 548. The number of rotatable bonds is 0. The zero-order chi connectivity index (χ0) is 15.3. The molecule has 0 aromatic heterocycles. The van der Waals surface area contributed by atoms with Crippen molar-refractivity contribution >= 4 is 17.4 Å². The van der Waals surface area contributed by atoms with Crippen LogP contribution in [0.1, 0.15) is 65.2 Å². The molecule has 0 N–H and O–H groups in total. The smallest absolute Gasteiger partial charge is 0.139 e. The maximum Gasteiger partial charge on any atom is 0.139 e. The van der Waals surface area contributed by atoms with E-state index in [-0.39, 0.29) is 15.7 Å². The summed E-state index contributed by atoms with van der Waals surface area (Å²) in [7, 11) is 0. The van der Waals surface area contributed by atoms with Crippen molar-refractivity contribution in [3.05, 3.63) is 0 Å². The van der Waals surface area contributed by atoms with Crippen LogP contribution in [0, 0.1) is 28.6 Å². The van der Waals surface area contributed by atoms with Crippen LogP contribution in [-0.4, -0.2) is 22.9 Å². The number of ketones is 1. The summed E-state index contributed by atoms with van der Waals surface area (Å²) >= 11 is 7.22. The van der Waals surface area contributed by atoms with Gasteiger partial charge < -0.3 is 4.74 Å². The average molecular weight is 323 g/mol. The first kappa shape index (κ1) is 14.3. The van der Waals surface area contributed by atoms with Crippen molar-refractivity contribution < 1.29 is 9.53 Å². The number of carbonyl (C=O) groups excluding carboxylic acids is 1. The monoisotopic (exact) mass is 322 g/mol. The minimum Gasteiger partial charge on any atom is -0.369 e. The Balaban J connectivity index is 1.52. The van der Waals surface area contributed by atoms with Gasteiger partial charge in [-0.05, 0) is 68.1 Å². The van der Waals surface area contributed by atoms with Gasteiger partial charge in [-0.25, -0.2) is 0 Å². The Morgan fingerprint density at radius 3 is 2.64 bits per heavy atom. The van der Waals surface area contributed by atoms with E-state index in [4.69, 9.17) is 16.3 Å². The number of hydrogen-bond acceptors (Lipinski definition) is 2. The third-order valence-electron chi connectivity index (χ3n) is 8.70. The molecule has 5 fully saturated rings. The molecule has 122 valence electrons. The van der Waals surface area contributed by atoms with Crippen molar-refractivity contribution in [1.29, 1.82) is 0 Å². The van der Waals surface area contributed by atoms with E-state index in [1.165, 1.54) is 12.8 Å². The largest absolute Gasteiger partial charge is 0.369 e. The topological polar surface area (TPSA) is 29.6 Å². The fourth-order valence-electron chi connectivity index (χ4n) is 7.21. The van der Waals surface area contributed by atoms with Crippen LogP contribution < -0.4 is 0 Å². The van der Waals surface area contributed by atoms with Gasteiger partial charge in [0.05, 0.1) is 17.1 Å². The lowest BCUT2D eigenvalue weighted by molar-refractivity contribution is -0.136. The van der Waals surface area contributed by atoms with Crippen molar-refractivity contribution in [2.45, 2.75) is 82.3 Å². The lowest BCUT2D eigenvalue weighted by atomic mass is 9.45. The van der Waals surface area contributed by atoms with E-state index in [0.29, 0.717) is 29.8 Å². The molecule has 3 heteroatoms. The number of Topliss-reactive ketones (excluding diaryl/α,β-unsaturated/α-hetero) is 1. The lowest BCUT2D eigenvalue weighted by Gasteiger charge is -2.62. The van der Waals surface area contributed by atoms with Crippen molar-refractivity contribution in [1.82, 2.24) is 0 Å². The molecule has 22 heavy (non-hydrogen) atoms. The molecule has 5 rings (SSSR count). The lowest BCUT2D eigenvalue weighted by Crippen LogP contribution is -2.60. The second kappa shape index (κ2) is 4.11. The van der Waals surface area contributed by atoms with Gasteiger partial charge in [-0.15, -0.1) is 11.6 Å². The Labute approximate surface area is 138 Å². The first-order valence-corrected chi connectivity index (χ1v) is 9.63. The van der Waals surface area contributed by atoms with Crippen LogP contribution in [0.15, 0.2) is 0 Å². The Kier molecular flexibility index (Phi) is 2.67. The predicted octanol–water partition coefficient (Wildman–Crippen LogP) is 4.34. The van der Waals surface area contributed by atoms with Crippen LogP contribution in [-0.2, 0) is 9.53 Å². The highest BCUT2D eigenvalue weighted by Crippen LogP contribution is 2.70. The molecule has 0 amide bonds. The molecule has 1 aliphatic heterocycles. The number of fused-ring (bicyclic) bond motifs is 6. The van der Waals surface area contributed by atoms with E-state index >= 15 is 0 Å². The third-order valence-corrected chi connectivity index (χ3v) is 9.47. The first-order chi connectivity index (χ1) is 10.4. The zero-order valence-corrected chi connectivity index (χ0v) is 14.5. The molecular formula is C19H27ClO2. The van der Waals surface area contributed by atoms with E-state index in [1.54, 1.807) is 0 Å². The SMILES string of the molecule is C[C@]12CC[C@@H]3[C@@H](CCC4(Cl)CC5OC5C[C@]34C)[C@@H]1CCC2=O. The van der Waals surface area contributed by atoms with Crippen LogP contribution in [0.25, 0.3) is 0 Å². The van der Waals surface area contributed by atoms with Crippen LogP contribution in [0.4, 0.5) is 0 Å². The van der Waals surface area contributed by atoms with Gasteiger partial charge in [0.1, 0.15) is 5.78 Å². The molecule has 2 nitrogen and oxygen atoms in total. The number of hydrogen-bond donors (Lipinski definition) is 0. The van der Waals surface area contributed by atoms with Gasteiger partial charge in [0.2, 0.25) is 0 Å². The fraction of sp³-hybridized carbons (Fsp3) is 0.947. The molecule has 0 radical (unpaired) electrons. The quantitative estimate of drug-likeness (QED) is 0.490. The molecule has 4 aliphatic carbocycles. The summed E-state index contributed by atoms with van der Waals surface area (Å²) in [6, 6.07) is 0. The van der Waals surface area contributed by atoms with Gasteiger partial charge in [0, 0.05) is 11.8 Å². The van der Waals surface area contributed by atoms with Crippen molar-refractivity contribution in [3.8, 4) is 0 Å². The van der Waals surface area contributed by atoms with Crippen LogP contribution in [0.2, 0.25) is 0 Å². The highest BCUT2D eigenvalue weighted by Gasteiger charge is 2.68. The maximum absolute atomic E-state index is 12.4. The van der Waals surface area contributed by atoms with E-state index in [2.05, 4.69) is 13.8 Å². The number of ether oxygens (including phenoxy) is 1. The van der Waals surface area contributed by atoms with E-state index < -0.39 is 0 Å². The maximum atomic E-state index is 12.4. The molecule has 0 bridgehead atoms. The Morgan fingerprint density at radius 2 is 1.82 bits per heavy atom. The molecule has 1 heterocycles. The van der Waals surface area contributed by atoms with Gasteiger partial charge in [0.25, 0.3) is 0 Å². The molecule has 0 aromatic carbocycles. The summed E-state index contributed by atoms with van der Waals surface area (Å²) in [6.45, 7) is 4.71. The van der Waals surface area contributed by atoms with Crippen LogP contribution in [0.5, 0.6) is 0 Å². The number of carbonyl (C=O) groups is 1. The highest BCUT2D eigenvalue weighted by molar-refractivity contribution is 6.24. The molecule has 0 spiro atoms. The van der Waals surface area contributed by atoms with Crippen molar-refractivity contribution in [2.75, 3.05) is 0 Å². The molecule has 8 atom stereocenters. The first-order valence-electron chi connectivity index (χ1n) is 9.25. The minimum atomic E-state index is -0.0534. The standard InChI is InChI=1S/C19H27ClO2/c1-17-7-6-13-11(12(17)3-4-16(17)21)5-8-19(20)10-15-14(22-15)9-18(13,19)2/h11-15H,3-10H2,1-2H3/t11-,12-,13+,14?,15?,17-,18+,19?/m0/s1. The average Bonchev–Trinajstić information content (AvgIpc) is 3.12. The van der Waals surface area contributed by atoms with Crippen LogP contribution >= 0.6 is 11.6 Å². The van der Waals surface area contributed by atoms with Gasteiger partial charge >= 0.3 is 0 Å². The van der Waals surface area contributed by atoms with E-state index in [0.717, 1.165) is 44.4 Å². The summed E-state index contributed by atoms with van der Waals surface area (Å²) in [5.74, 6) is 2.58. The summed E-state index contributed by atoms with van der Waals surface area (Å²) in [5, 5.41) is 0. The van der Waals surface area contributed by atoms with Crippen LogP contribution in [0.3, 0.4) is 0 Å². The predicted molar refractivity (Wildman–Crippen MR) is 85.9 cm³/mol. The molecule has 4 saturated carbocycles. The normalized spacial score (nSPS) is 62.7. The summed E-state index contributed by atoms with van der Waals surface area (Å²) in [4.78, 5) is 12.4. The van der Waals surface area contributed by atoms with Gasteiger partial charge in [-0.3, -0.25) is 4.79 Å².